The van der Waals surface area contributed by atoms with Gasteiger partial charge in [0.25, 0.3) is 0 Å². The topological polar surface area (TPSA) is 98.5 Å². The van der Waals surface area contributed by atoms with Crippen LogP contribution in [-0.2, 0) is 0 Å². The minimum atomic E-state index is -0.390. The number of hydrogen-bond acceptors (Lipinski definition) is 3. The number of imidazole rings is 1. The smallest absolute Gasteiger partial charge is 0.323 e. The molecule has 0 atom stereocenters. The number of hydrogen-bond donors (Lipinski definition) is 4. The van der Waals surface area contributed by atoms with Crippen molar-refractivity contribution in [3.63, 3.8) is 0 Å². The van der Waals surface area contributed by atoms with Crippen molar-refractivity contribution in [2.75, 3.05) is 10.6 Å². The van der Waals surface area contributed by atoms with Crippen LogP contribution in [0.3, 0.4) is 0 Å². The molecule has 4 N–H and O–H groups in total. The van der Waals surface area contributed by atoms with E-state index in [9.17, 15) is 4.79 Å². The lowest BCUT2D eigenvalue weighted by Crippen LogP contribution is -2.19. The lowest BCUT2D eigenvalue weighted by atomic mass is 10.1. The summed E-state index contributed by atoms with van der Waals surface area (Å²) in [5, 5.41) is 13.1. The Morgan fingerprint density at radius 3 is 2.52 bits per heavy atom. The minimum absolute atomic E-state index is 0.370. The van der Waals surface area contributed by atoms with Crippen LogP contribution >= 0.6 is 23.2 Å². The molecule has 4 rings (SSSR count). The first-order valence-corrected chi connectivity index (χ1v) is 8.78. The van der Waals surface area contributed by atoms with Gasteiger partial charge in [0.15, 0.2) is 5.65 Å². The normalized spacial score (nSPS) is 10.9. The van der Waals surface area contributed by atoms with Crippen LogP contribution < -0.4 is 10.6 Å². The Balaban J connectivity index is 1.54. The van der Waals surface area contributed by atoms with Gasteiger partial charge in [-0.1, -0.05) is 29.3 Å². The number of carbonyl (C=O) groups excluding carboxylic acids is 1. The van der Waals surface area contributed by atoms with Gasteiger partial charge in [0, 0.05) is 16.9 Å². The highest BCUT2D eigenvalue weighted by Crippen LogP contribution is 2.27. The Morgan fingerprint density at radius 2 is 1.78 bits per heavy atom. The first-order valence-electron chi connectivity index (χ1n) is 8.03. The fraction of sp³-hybridized carbons (Fsp3) is 0.0556. The zero-order chi connectivity index (χ0) is 19.0. The van der Waals surface area contributed by atoms with Crippen molar-refractivity contribution in [2.24, 2.45) is 0 Å². The van der Waals surface area contributed by atoms with Gasteiger partial charge in [-0.05, 0) is 42.8 Å². The second-order valence-corrected chi connectivity index (χ2v) is 6.77. The van der Waals surface area contributed by atoms with Gasteiger partial charge in [0.2, 0.25) is 0 Å². The summed E-state index contributed by atoms with van der Waals surface area (Å²) in [7, 11) is 0. The molecule has 2 aromatic carbocycles. The van der Waals surface area contributed by atoms with Crippen LogP contribution in [0.1, 0.15) is 5.56 Å². The van der Waals surface area contributed by atoms with E-state index in [0.29, 0.717) is 32.9 Å². The minimum Gasteiger partial charge on any atom is -0.335 e. The van der Waals surface area contributed by atoms with Gasteiger partial charge in [-0.2, -0.15) is 5.10 Å². The quantitative estimate of drug-likeness (QED) is 0.379. The first kappa shape index (κ1) is 17.4. The molecule has 4 aromatic rings. The molecule has 136 valence electrons. The molecule has 2 amide bonds. The molecule has 0 fully saturated rings. The molecule has 0 aliphatic rings. The van der Waals surface area contributed by atoms with E-state index in [4.69, 9.17) is 23.2 Å². The molecule has 27 heavy (non-hydrogen) atoms. The number of carbonyl (C=O) groups is 1. The number of fused-ring (bicyclic) bond motifs is 1. The Kier molecular flexibility index (Phi) is 4.47. The second kappa shape index (κ2) is 6.94. The molecule has 2 aromatic heterocycles. The highest BCUT2D eigenvalue weighted by molar-refractivity contribution is 6.42. The van der Waals surface area contributed by atoms with Crippen molar-refractivity contribution in [2.45, 2.75) is 6.92 Å². The lowest BCUT2D eigenvalue weighted by Gasteiger charge is -2.10. The summed E-state index contributed by atoms with van der Waals surface area (Å²) in [6, 6.07) is 10.1. The average Bonchev–Trinajstić information content (AvgIpc) is 3.22. The maximum atomic E-state index is 12.3. The van der Waals surface area contributed by atoms with Crippen LogP contribution in [-0.4, -0.2) is 26.2 Å². The van der Waals surface area contributed by atoms with Gasteiger partial charge < -0.3 is 15.6 Å². The van der Waals surface area contributed by atoms with Crippen molar-refractivity contribution in [1.29, 1.82) is 0 Å². The van der Waals surface area contributed by atoms with E-state index in [1.54, 1.807) is 24.4 Å². The van der Waals surface area contributed by atoms with Crippen molar-refractivity contribution in [3.05, 3.63) is 58.2 Å². The van der Waals surface area contributed by atoms with Crippen molar-refractivity contribution < 1.29 is 4.79 Å². The molecule has 7 nitrogen and oxygen atoms in total. The zero-order valence-corrected chi connectivity index (χ0v) is 15.6. The third kappa shape index (κ3) is 3.60. The maximum absolute atomic E-state index is 12.3. The number of H-pyrrole nitrogens is 2. The number of nitrogens with one attached hydrogen (secondary N) is 4. The van der Waals surface area contributed by atoms with E-state index < -0.39 is 0 Å². The van der Waals surface area contributed by atoms with E-state index in [1.165, 1.54) is 0 Å². The van der Waals surface area contributed by atoms with Crippen molar-refractivity contribution in [3.8, 4) is 11.4 Å². The molecule has 0 aliphatic carbocycles. The Morgan fingerprint density at radius 1 is 1.04 bits per heavy atom. The fourth-order valence-electron chi connectivity index (χ4n) is 2.67. The molecule has 0 unspecified atom stereocenters. The number of rotatable bonds is 3. The van der Waals surface area contributed by atoms with Crippen molar-refractivity contribution >= 4 is 51.8 Å². The van der Waals surface area contributed by atoms with Crippen LogP contribution in [0.5, 0.6) is 0 Å². The Bertz CT molecular complexity index is 1120. The molecule has 9 heteroatoms. The SMILES string of the molecule is Cc1ccc(NC(=O)Nc2ccc(Cl)c(Cl)c2)cc1-c1nc2[nH]ncc2[nH]1. The summed E-state index contributed by atoms with van der Waals surface area (Å²) in [6.45, 7) is 1.98. The first-order chi connectivity index (χ1) is 13.0. The standard InChI is InChI=1S/C18H14Cl2N6O/c1-9-2-3-10(6-12(9)16-24-15-8-21-26-17(15)25-16)22-18(27)23-11-4-5-13(19)14(20)7-11/h2-8H,1H3,(H2,22,23,27)(H2,21,24,25,26). The molecule has 0 saturated heterocycles. The van der Waals surface area contributed by atoms with Gasteiger partial charge in [-0.25, -0.2) is 9.78 Å². The predicted octanol–water partition coefficient (Wildman–Crippen LogP) is 5.21. The number of aromatic nitrogens is 4. The monoisotopic (exact) mass is 400 g/mol. The Labute approximate surface area is 164 Å². The molecule has 0 saturated carbocycles. The van der Waals surface area contributed by atoms with Crippen LogP contribution in [0.2, 0.25) is 10.0 Å². The molecule has 2 heterocycles. The average molecular weight is 401 g/mol. The highest BCUT2D eigenvalue weighted by atomic mass is 35.5. The number of halogens is 2. The number of aryl methyl sites for hydroxylation is 1. The summed E-state index contributed by atoms with van der Waals surface area (Å²) in [6.07, 6.45) is 1.67. The van der Waals surface area contributed by atoms with E-state index in [-0.39, 0.29) is 6.03 Å². The predicted molar refractivity (Wildman–Crippen MR) is 108 cm³/mol. The van der Waals surface area contributed by atoms with Gasteiger partial charge in [-0.15, -0.1) is 0 Å². The molecule has 0 aliphatic heterocycles. The summed E-state index contributed by atoms with van der Waals surface area (Å²) < 4.78 is 0. The van der Waals surface area contributed by atoms with Crippen molar-refractivity contribution in [1.82, 2.24) is 20.2 Å². The van der Waals surface area contributed by atoms with E-state index in [1.807, 2.05) is 25.1 Å². The van der Waals surface area contributed by atoms with E-state index in [0.717, 1.165) is 16.6 Å². The molecular formula is C18H14Cl2N6O. The summed E-state index contributed by atoms with van der Waals surface area (Å²) >= 11 is 11.8. The van der Waals surface area contributed by atoms with E-state index in [2.05, 4.69) is 30.8 Å². The number of nitrogens with zero attached hydrogens (tertiary/aromatic N) is 2. The lowest BCUT2D eigenvalue weighted by molar-refractivity contribution is 0.262. The summed E-state index contributed by atoms with van der Waals surface area (Å²) in [5.41, 5.74) is 4.58. The highest BCUT2D eigenvalue weighted by Gasteiger charge is 2.11. The second-order valence-electron chi connectivity index (χ2n) is 5.96. The van der Waals surface area contributed by atoms with Gasteiger partial charge in [-0.3, -0.25) is 5.10 Å². The van der Waals surface area contributed by atoms with Gasteiger partial charge in [0.05, 0.1) is 16.2 Å². The molecule has 0 spiro atoms. The van der Waals surface area contributed by atoms with Crippen LogP contribution in [0.4, 0.5) is 16.2 Å². The van der Waals surface area contributed by atoms with Gasteiger partial charge >= 0.3 is 6.03 Å². The number of benzene rings is 2. The number of urea groups is 1. The number of aromatic amines is 2. The maximum Gasteiger partial charge on any atom is 0.323 e. The van der Waals surface area contributed by atoms with Crippen LogP contribution in [0.15, 0.2) is 42.6 Å². The van der Waals surface area contributed by atoms with Gasteiger partial charge in [0.1, 0.15) is 11.3 Å². The zero-order valence-electron chi connectivity index (χ0n) is 14.1. The summed E-state index contributed by atoms with van der Waals surface area (Å²) in [5.74, 6) is 0.699. The van der Waals surface area contributed by atoms with Crippen LogP contribution in [0.25, 0.3) is 22.6 Å². The Hall–Kier alpha value is -3.03. The molecule has 0 radical (unpaired) electrons. The van der Waals surface area contributed by atoms with E-state index >= 15 is 0 Å². The molecule has 0 bridgehead atoms. The number of anilines is 2. The molecular weight excluding hydrogens is 387 g/mol. The number of amides is 2. The third-order valence-electron chi connectivity index (χ3n) is 4.02. The fourth-order valence-corrected chi connectivity index (χ4v) is 2.97. The summed E-state index contributed by atoms with van der Waals surface area (Å²) in [4.78, 5) is 20.0. The van der Waals surface area contributed by atoms with Crippen LogP contribution in [0, 0.1) is 6.92 Å². The largest absolute Gasteiger partial charge is 0.335 e. The third-order valence-corrected chi connectivity index (χ3v) is 4.76.